The van der Waals surface area contributed by atoms with Crippen molar-refractivity contribution in [2.45, 2.75) is 32.8 Å². The van der Waals surface area contributed by atoms with Crippen LogP contribution in [0.3, 0.4) is 0 Å². The third-order valence-electron chi connectivity index (χ3n) is 4.55. The van der Waals surface area contributed by atoms with E-state index >= 15 is 0 Å². The molecule has 0 bridgehead atoms. The molecule has 120 valence electrons. The van der Waals surface area contributed by atoms with Crippen molar-refractivity contribution in [3.63, 3.8) is 0 Å². The summed E-state index contributed by atoms with van der Waals surface area (Å²) in [7, 11) is 0. The van der Waals surface area contributed by atoms with Crippen LogP contribution in [0.2, 0.25) is 0 Å². The topological polar surface area (TPSA) is 62.2 Å². The number of carbonyl (C=O) groups excluding carboxylic acids is 1. The number of benzene rings is 1. The number of aromatic nitrogens is 1. The van der Waals surface area contributed by atoms with Crippen molar-refractivity contribution in [3.8, 4) is 0 Å². The molecule has 3 rings (SSSR count). The van der Waals surface area contributed by atoms with Gasteiger partial charge in [-0.3, -0.25) is 9.78 Å². The van der Waals surface area contributed by atoms with Gasteiger partial charge in [-0.2, -0.15) is 0 Å². The molecular formula is C19H22N2O2. The molecule has 1 aliphatic rings. The SMILES string of the molecule is Cc1ccc([C@H](O)c2ccccn2)cc1NC(=O)[C@H](C)C1CC1. The fourth-order valence-corrected chi connectivity index (χ4v) is 2.71. The van der Waals surface area contributed by atoms with Crippen LogP contribution in [0, 0.1) is 18.8 Å². The van der Waals surface area contributed by atoms with Crippen LogP contribution in [0.25, 0.3) is 0 Å². The summed E-state index contributed by atoms with van der Waals surface area (Å²) in [6.07, 6.45) is 3.15. The molecular weight excluding hydrogens is 288 g/mol. The number of pyridine rings is 1. The molecule has 2 atom stereocenters. The van der Waals surface area contributed by atoms with E-state index in [9.17, 15) is 9.90 Å². The molecule has 1 aromatic carbocycles. The highest BCUT2D eigenvalue weighted by molar-refractivity contribution is 5.93. The monoisotopic (exact) mass is 310 g/mol. The number of rotatable bonds is 5. The molecule has 23 heavy (non-hydrogen) atoms. The van der Waals surface area contributed by atoms with Gasteiger partial charge < -0.3 is 10.4 Å². The zero-order valence-corrected chi connectivity index (χ0v) is 13.5. The number of amides is 1. The van der Waals surface area contributed by atoms with Gasteiger partial charge in [-0.05, 0) is 55.0 Å². The molecule has 4 heteroatoms. The summed E-state index contributed by atoms with van der Waals surface area (Å²) in [6.45, 7) is 3.93. The second-order valence-electron chi connectivity index (χ2n) is 6.35. The normalized spacial score (nSPS) is 16.7. The lowest BCUT2D eigenvalue weighted by Gasteiger charge is -2.16. The number of nitrogens with one attached hydrogen (secondary N) is 1. The quantitative estimate of drug-likeness (QED) is 0.889. The van der Waals surface area contributed by atoms with E-state index in [4.69, 9.17) is 0 Å². The van der Waals surface area contributed by atoms with Crippen LogP contribution in [-0.4, -0.2) is 16.0 Å². The molecule has 1 amide bonds. The second-order valence-corrected chi connectivity index (χ2v) is 6.35. The van der Waals surface area contributed by atoms with Crippen LogP contribution < -0.4 is 5.32 Å². The summed E-state index contributed by atoms with van der Waals surface area (Å²) in [6, 6.07) is 11.1. The van der Waals surface area contributed by atoms with E-state index in [0.29, 0.717) is 11.6 Å². The van der Waals surface area contributed by atoms with Gasteiger partial charge in [0, 0.05) is 17.8 Å². The smallest absolute Gasteiger partial charge is 0.227 e. The highest BCUT2D eigenvalue weighted by Gasteiger charge is 2.32. The number of aliphatic hydroxyl groups is 1. The van der Waals surface area contributed by atoms with Gasteiger partial charge in [-0.15, -0.1) is 0 Å². The molecule has 4 nitrogen and oxygen atoms in total. The van der Waals surface area contributed by atoms with Gasteiger partial charge in [0.2, 0.25) is 5.91 Å². The lowest BCUT2D eigenvalue weighted by Crippen LogP contribution is -2.22. The molecule has 1 heterocycles. The van der Waals surface area contributed by atoms with E-state index in [1.807, 2.05) is 44.2 Å². The van der Waals surface area contributed by atoms with Crippen LogP contribution in [-0.2, 0) is 4.79 Å². The van der Waals surface area contributed by atoms with Crippen LogP contribution in [0.4, 0.5) is 5.69 Å². The Morgan fingerprint density at radius 1 is 1.30 bits per heavy atom. The number of aryl methyl sites for hydroxylation is 1. The van der Waals surface area contributed by atoms with E-state index in [0.717, 1.165) is 29.7 Å². The molecule has 2 aromatic rings. The summed E-state index contributed by atoms with van der Waals surface area (Å²) in [5, 5.41) is 13.5. The molecule has 0 unspecified atom stereocenters. The third-order valence-corrected chi connectivity index (χ3v) is 4.55. The summed E-state index contributed by atoms with van der Waals surface area (Å²) >= 11 is 0. The molecule has 1 aliphatic carbocycles. The molecule has 0 saturated heterocycles. The first-order chi connectivity index (χ1) is 11.1. The van der Waals surface area contributed by atoms with Gasteiger partial charge in [0.15, 0.2) is 0 Å². The molecule has 1 fully saturated rings. The number of hydrogen-bond acceptors (Lipinski definition) is 3. The third kappa shape index (κ3) is 3.59. The van der Waals surface area contributed by atoms with E-state index < -0.39 is 6.10 Å². The number of carbonyl (C=O) groups is 1. The first-order valence-corrected chi connectivity index (χ1v) is 8.06. The van der Waals surface area contributed by atoms with Crippen LogP contribution in [0.15, 0.2) is 42.6 Å². The molecule has 1 saturated carbocycles. The van der Waals surface area contributed by atoms with Crippen LogP contribution >= 0.6 is 0 Å². The van der Waals surface area contributed by atoms with Gasteiger partial charge in [0.1, 0.15) is 6.10 Å². The maximum atomic E-state index is 12.3. The van der Waals surface area contributed by atoms with Crippen molar-refractivity contribution >= 4 is 11.6 Å². The Morgan fingerprint density at radius 3 is 2.74 bits per heavy atom. The predicted molar refractivity (Wildman–Crippen MR) is 90.0 cm³/mol. The maximum absolute atomic E-state index is 12.3. The predicted octanol–water partition coefficient (Wildman–Crippen LogP) is 3.46. The molecule has 0 spiro atoms. The van der Waals surface area contributed by atoms with Crippen molar-refractivity contribution in [2.24, 2.45) is 11.8 Å². The highest BCUT2D eigenvalue weighted by atomic mass is 16.3. The van der Waals surface area contributed by atoms with Crippen molar-refractivity contribution in [1.29, 1.82) is 0 Å². The number of anilines is 1. The average Bonchev–Trinajstić information content (AvgIpc) is 3.41. The second kappa shape index (κ2) is 6.50. The fourth-order valence-electron chi connectivity index (χ4n) is 2.71. The Balaban J connectivity index is 1.80. The summed E-state index contributed by atoms with van der Waals surface area (Å²) < 4.78 is 0. The summed E-state index contributed by atoms with van der Waals surface area (Å²) in [4.78, 5) is 16.5. The van der Waals surface area contributed by atoms with E-state index in [1.165, 1.54) is 0 Å². The van der Waals surface area contributed by atoms with Crippen LogP contribution in [0.5, 0.6) is 0 Å². The lowest BCUT2D eigenvalue weighted by atomic mass is 10.0. The average molecular weight is 310 g/mol. The standard InChI is InChI=1S/C19H22N2O2/c1-12-6-7-15(18(22)16-5-3-4-10-20-16)11-17(12)21-19(23)13(2)14-8-9-14/h3-7,10-11,13-14,18,22H,8-9H2,1-2H3,(H,21,23)/t13-,18+/m1/s1. The minimum Gasteiger partial charge on any atom is -0.382 e. The summed E-state index contributed by atoms with van der Waals surface area (Å²) in [5.74, 6) is 0.622. The minimum absolute atomic E-state index is 0.0405. The highest BCUT2D eigenvalue weighted by Crippen LogP contribution is 2.37. The van der Waals surface area contributed by atoms with Crippen molar-refractivity contribution < 1.29 is 9.90 Å². The fraction of sp³-hybridized carbons (Fsp3) is 0.368. The molecule has 1 aromatic heterocycles. The Bertz CT molecular complexity index is 696. The zero-order chi connectivity index (χ0) is 16.4. The largest absolute Gasteiger partial charge is 0.382 e. The van der Waals surface area contributed by atoms with Crippen molar-refractivity contribution in [3.05, 3.63) is 59.4 Å². The van der Waals surface area contributed by atoms with E-state index in [2.05, 4.69) is 10.3 Å². The van der Waals surface area contributed by atoms with Gasteiger partial charge >= 0.3 is 0 Å². The number of aliphatic hydroxyl groups excluding tert-OH is 1. The van der Waals surface area contributed by atoms with Crippen molar-refractivity contribution in [1.82, 2.24) is 4.98 Å². The molecule has 0 aliphatic heterocycles. The first-order valence-electron chi connectivity index (χ1n) is 8.06. The number of nitrogens with zero attached hydrogens (tertiary/aromatic N) is 1. The van der Waals surface area contributed by atoms with Gasteiger partial charge in [0.25, 0.3) is 0 Å². The van der Waals surface area contributed by atoms with Gasteiger partial charge in [0.05, 0.1) is 5.69 Å². The van der Waals surface area contributed by atoms with Gasteiger partial charge in [-0.1, -0.05) is 25.1 Å². The van der Waals surface area contributed by atoms with Gasteiger partial charge in [-0.25, -0.2) is 0 Å². The Morgan fingerprint density at radius 2 is 2.09 bits per heavy atom. The first kappa shape index (κ1) is 15.7. The van der Waals surface area contributed by atoms with E-state index in [1.54, 1.807) is 12.3 Å². The Kier molecular flexibility index (Phi) is 4.44. The van der Waals surface area contributed by atoms with E-state index in [-0.39, 0.29) is 11.8 Å². The Hall–Kier alpha value is -2.20. The number of hydrogen-bond donors (Lipinski definition) is 2. The van der Waals surface area contributed by atoms with Crippen molar-refractivity contribution in [2.75, 3.05) is 5.32 Å². The maximum Gasteiger partial charge on any atom is 0.227 e. The molecule has 0 radical (unpaired) electrons. The minimum atomic E-state index is -0.798. The Labute approximate surface area is 136 Å². The molecule has 2 N–H and O–H groups in total. The lowest BCUT2D eigenvalue weighted by molar-refractivity contribution is -0.119. The van der Waals surface area contributed by atoms with Crippen LogP contribution in [0.1, 0.15) is 42.7 Å². The summed E-state index contributed by atoms with van der Waals surface area (Å²) in [5.41, 5.74) is 3.07. The zero-order valence-electron chi connectivity index (χ0n) is 13.5.